The highest BCUT2D eigenvalue weighted by molar-refractivity contribution is 6.20. The number of halogens is 1. The molecule has 4 heteroatoms. The molecule has 1 aromatic heterocycles. The van der Waals surface area contributed by atoms with E-state index < -0.39 is 0 Å². The molecular weight excluding hydrogens is 282 g/mol. The lowest BCUT2D eigenvalue weighted by atomic mass is 10.1. The minimum Gasteiger partial charge on any atom is -0.322 e. The molecule has 1 atom stereocenters. The van der Waals surface area contributed by atoms with E-state index in [0.29, 0.717) is 12.1 Å². The molecule has 3 nitrogen and oxygen atoms in total. The molecule has 0 amide bonds. The molecule has 0 aliphatic carbocycles. The second-order valence-corrected chi connectivity index (χ2v) is 5.62. The maximum absolute atomic E-state index is 8.86. The summed E-state index contributed by atoms with van der Waals surface area (Å²) in [4.78, 5) is 4.62. The number of nitrogens with zero attached hydrogens (tertiary/aromatic N) is 3. The molecule has 104 valence electrons. The average Bonchev–Trinajstić information content (AvgIpc) is 2.87. The van der Waals surface area contributed by atoms with E-state index in [9.17, 15) is 0 Å². The van der Waals surface area contributed by atoms with Crippen molar-refractivity contribution in [2.24, 2.45) is 0 Å². The number of nitriles is 1. The number of hydrogen-bond acceptors (Lipinski definition) is 2. The van der Waals surface area contributed by atoms with Gasteiger partial charge in [-0.2, -0.15) is 5.26 Å². The summed E-state index contributed by atoms with van der Waals surface area (Å²) in [5.74, 6) is 0.863. The van der Waals surface area contributed by atoms with Gasteiger partial charge in [0.05, 0.1) is 28.0 Å². The van der Waals surface area contributed by atoms with Gasteiger partial charge in [-0.15, -0.1) is 11.6 Å². The van der Waals surface area contributed by atoms with Crippen molar-refractivity contribution >= 4 is 22.6 Å². The Balaban J connectivity index is 2.06. The summed E-state index contributed by atoms with van der Waals surface area (Å²) in [6, 6.07) is 17.8. The van der Waals surface area contributed by atoms with E-state index in [-0.39, 0.29) is 5.38 Å². The fraction of sp³-hybridized carbons (Fsp3) is 0.176. The number of benzene rings is 2. The van der Waals surface area contributed by atoms with Crippen molar-refractivity contribution in [1.82, 2.24) is 9.55 Å². The Labute approximate surface area is 128 Å². The Morgan fingerprint density at radius 1 is 1.19 bits per heavy atom. The zero-order chi connectivity index (χ0) is 14.8. The van der Waals surface area contributed by atoms with Crippen LogP contribution in [0.2, 0.25) is 0 Å². The van der Waals surface area contributed by atoms with Crippen LogP contribution in [-0.2, 0) is 6.54 Å². The van der Waals surface area contributed by atoms with Crippen molar-refractivity contribution < 1.29 is 0 Å². The summed E-state index contributed by atoms with van der Waals surface area (Å²) in [5, 5.41) is 8.70. The molecule has 1 unspecified atom stereocenters. The topological polar surface area (TPSA) is 41.6 Å². The van der Waals surface area contributed by atoms with E-state index in [2.05, 4.69) is 21.7 Å². The van der Waals surface area contributed by atoms with Gasteiger partial charge >= 0.3 is 0 Å². The molecule has 0 saturated carbocycles. The molecule has 0 spiro atoms. The van der Waals surface area contributed by atoms with Gasteiger partial charge in [0.25, 0.3) is 0 Å². The lowest BCUT2D eigenvalue weighted by Crippen LogP contribution is -2.05. The lowest BCUT2D eigenvalue weighted by molar-refractivity contribution is 0.742. The SMILES string of the molecule is CC(Cl)c1nc2ccccc2n1Cc1ccc(C#N)cc1. The van der Waals surface area contributed by atoms with Gasteiger partial charge in [-0.05, 0) is 36.8 Å². The highest BCUT2D eigenvalue weighted by Gasteiger charge is 2.14. The Bertz CT molecular complexity index is 810. The number of imidazole rings is 1. The first-order valence-corrected chi connectivity index (χ1v) is 7.21. The molecule has 0 fully saturated rings. The van der Waals surface area contributed by atoms with E-state index >= 15 is 0 Å². The fourth-order valence-electron chi connectivity index (χ4n) is 2.43. The van der Waals surface area contributed by atoms with Gasteiger partial charge in [0.2, 0.25) is 0 Å². The summed E-state index contributed by atoms with van der Waals surface area (Å²) >= 11 is 6.27. The number of aromatic nitrogens is 2. The van der Waals surface area contributed by atoms with E-state index in [0.717, 1.165) is 22.4 Å². The normalized spacial score (nSPS) is 12.2. The van der Waals surface area contributed by atoms with E-state index in [1.165, 1.54) is 0 Å². The Kier molecular flexibility index (Phi) is 3.64. The van der Waals surface area contributed by atoms with Gasteiger partial charge in [-0.3, -0.25) is 0 Å². The van der Waals surface area contributed by atoms with Gasteiger partial charge in [0, 0.05) is 6.54 Å². The quantitative estimate of drug-likeness (QED) is 0.678. The summed E-state index contributed by atoms with van der Waals surface area (Å²) in [7, 11) is 0. The van der Waals surface area contributed by atoms with Gasteiger partial charge < -0.3 is 4.57 Å². The Morgan fingerprint density at radius 3 is 2.57 bits per heavy atom. The molecule has 2 aromatic carbocycles. The maximum atomic E-state index is 8.86. The first-order chi connectivity index (χ1) is 10.2. The van der Waals surface area contributed by atoms with Gasteiger partial charge in [-0.1, -0.05) is 24.3 Å². The van der Waals surface area contributed by atoms with Crippen LogP contribution in [0.1, 0.15) is 29.3 Å². The van der Waals surface area contributed by atoms with Crippen LogP contribution in [0.15, 0.2) is 48.5 Å². The zero-order valence-electron chi connectivity index (χ0n) is 11.6. The summed E-state index contributed by atoms with van der Waals surface area (Å²) < 4.78 is 2.13. The van der Waals surface area contributed by atoms with Crippen LogP contribution < -0.4 is 0 Å². The van der Waals surface area contributed by atoms with Gasteiger partial charge in [0.1, 0.15) is 5.82 Å². The van der Waals surface area contributed by atoms with Gasteiger partial charge in [-0.25, -0.2) is 4.98 Å². The van der Waals surface area contributed by atoms with E-state index in [1.54, 1.807) is 0 Å². The number of alkyl halides is 1. The maximum Gasteiger partial charge on any atom is 0.128 e. The first-order valence-electron chi connectivity index (χ1n) is 6.77. The molecule has 0 saturated heterocycles. The standard InChI is InChI=1S/C17H14ClN3/c1-12(18)17-20-15-4-2-3-5-16(15)21(17)11-14-8-6-13(10-19)7-9-14/h2-9,12H,11H2,1H3. The predicted molar refractivity (Wildman–Crippen MR) is 84.3 cm³/mol. The summed E-state index contributed by atoms with van der Waals surface area (Å²) in [6.07, 6.45) is 0. The second kappa shape index (κ2) is 5.59. The molecule has 21 heavy (non-hydrogen) atoms. The minimum absolute atomic E-state index is 0.157. The van der Waals surface area contributed by atoms with Crippen molar-refractivity contribution in [1.29, 1.82) is 5.26 Å². The van der Waals surface area contributed by atoms with Crippen molar-refractivity contribution in [3.8, 4) is 6.07 Å². The van der Waals surface area contributed by atoms with Crippen LogP contribution in [0.3, 0.4) is 0 Å². The first kappa shape index (κ1) is 13.7. The highest BCUT2D eigenvalue weighted by Crippen LogP contribution is 2.25. The fourth-order valence-corrected chi connectivity index (χ4v) is 2.60. The molecule has 0 aliphatic rings. The van der Waals surface area contributed by atoms with E-state index in [1.807, 2.05) is 49.4 Å². The largest absolute Gasteiger partial charge is 0.322 e. The monoisotopic (exact) mass is 295 g/mol. The van der Waals surface area contributed by atoms with Crippen molar-refractivity contribution in [3.63, 3.8) is 0 Å². The molecule has 0 aliphatic heterocycles. The predicted octanol–water partition coefficient (Wildman–Crippen LogP) is 4.26. The highest BCUT2D eigenvalue weighted by atomic mass is 35.5. The molecule has 0 radical (unpaired) electrons. The molecule has 3 aromatic rings. The molecule has 3 rings (SSSR count). The zero-order valence-corrected chi connectivity index (χ0v) is 12.4. The molecule has 0 bridgehead atoms. The third-order valence-electron chi connectivity index (χ3n) is 3.46. The van der Waals surface area contributed by atoms with Crippen molar-refractivity contribution in [2.45, 2.75) is 18.8 Å². The van der Waals surface area contributed by atoms with Crippen LogP contribution in [0.25, 0.3) is 11.0 Å². The average molecular weight is 296 g/mol. The summed E-state index contributed by atoms with van der Waals surface area (Å²) in [5.41, 5.74) is 3.81. The molecular formula is C17H14ClN3. The third kappa shape index (κ3) is 2.63. The second-order valence-electron chi connectivity index (χ2n) is 4.97. The molecule has 0 N–H and O–H groups in total. The van der Waals surface area contributed by atoms with Crippen LogP contribution in [-0.4, -0.2) is 9.55 Å². The number of rotatable bonds is 3. The number of hydrogen-bond donors (Lipinski definition) is 0. The van der Waals surface area contributed by atoms with Crippen LogP contribution >= 0.6 is 11.6 Å². The van der Waals surface area contributed by atoms with E-state index in [4.69, 9.17) is 16.9 Å². The van der Waals surface area contributed by atoms with Crippen LogP contribution in [0, 0.1) is 11.3 Å². The van der Waals surface area contributed by atoms with Crippen LogP contribution in [0.4, 0.5) is 0 Å². The number of para-hydroxylation sites is 2. The summed E-state index contributed by atoms with van der Waals surface area (Å²) in [6.45, 7) is 2.62. The smallest absolute Gasteiger partial charge is 0.128 e. The van der Waals surface area contributed by atoms with Crippen molar-refractivity contribution in [2.75, 3.05) is 0 Å². The number of fused-ring (bicyclic) bond motifs is 1. The lowest BCUT2D eigenvalue weighted by Gasteiger charge is -2.10. The minimum atomic E-state index is -0.157. The third-order valence-corrected chi connectivity index (χ3v) is 3.66. The van der Waals surface area contributed by atoms with Crippen LogP contribution in [0.5, 0.6) is 0 Å². The Hall–Kier alpha value is -2.31. The molecule has 1 heterocycles. The van der Waals surface area contributed by atoms with Gasteiger partial charge in [0.15, 0.2) is 0 Å². The Morgan fingerprint density at radius 2 is 1.90 bits per heavy atom. The van der Waals surface area contributed by atoms with Crippen molar-refractivity contribution in [3.05, 3.63) is 65.5 Å².